The SMILES string of the molecule is COc1cc2c(c(OC)c1)C(c1ccc(OC3CCCC3)cc1)CC(=O)N2. The summed E-state index contributed by atoms with van der Waals surface area (Å²) in [6, 6.07) is 11.8. The number of rotatable bonds is 5. The molecule has 1 aliphatic heterocycles. The number of anilines is 1. The number of methoxy groups -OCH3 is 2. The standard InChI is InChI=1S/C22H25NO4/c1-25-17-11-19-22(20(12-17)26-2)18(13-21(24)23-19)14-7-9-16(10-8-14)27-15-5-3-4-6-15/h7-12,15,18H,3-6,13H2,1-2H3,(H,23,24). The molecular weight excluding hydrogens is 342 g/mol. The van der Waals surface area contributed by atoms with Crippen LogP contribution in [-0.4, -0.2) is 26.2 Å². The lowest BCUT2D eigenvalue weighted by atomic mass is 9.84. The van der Waals surface area contributed by atoms with Crippen molar-refractivity contribution in [1.82, 2.24) is 0 Å². The Labute approximate surface area is 159 Å². The van der Waals surface area contributed by atoms with Gasteiger partial charge in [0.2, 0.25) is 5.91 Å². The lowest BCUT2D eigenvalue weighted by Gasteiger charge is -2.28. The fraction of sp³-hybridized carbons (Fsp3) is 0.409. The van der Waals surface area contributed by atoms with Gasteiger partial charge in [0.1, 0.15) is 17.2 Å². The van der Waals surface area contributed by atoms with Crippen molar-refractivity contribution in [2.75, 3.05) is 19.5 Å². The van der Waals surface area contributed by atoms with Crippen LogP contribution in [0, 0.1) is 0 Å². The van der Waals surface area contributed by atoms with Crippen molar-refractivity contribution in [3.8, 4) is 17.2 Å². The summed E-state index contributed by atoms with van der Waals surface area (Å²) in [5, 5.41) is 2.95. The number of carbonyl (C=O) groups is 1. The van der Waals surface area contributed by atoms with Crippen LogP contribution in [0.3, 0.4) is 0 Å². The number of hydrogen-bond acceptors (Lipinski definition) is 4. The molecule has 0 saturated heterocycles. The summed E-state index contributed by atoms with van der Waals surface area (Å²) in [5.41, 5.74) is 2.81. The van der Waals surface area contributed by atoms with E-state index in [2.05, 4.69) is 17.4 Å². The molecule has 5 nitrogen and oxygen atoms in total. The van der Waals surface area contributed by atoms with Gasteiger partial charge >= 0.3 is 0 Å². The molecule has 1 atom stereocenters. The van der Waals surface area contributed by atoms with Crippen molar-refractivity contribution in [3.63, 3.8) is 0 Å². The predicted molar refractivity (Wildman–Crippen MR) is 104 cm³/mol. The van der Waals surface area contributed by atoms with E-state index in [9.17, 15) is 4.79 Å². The molecule has 0 bridgehead atoms. The van der Waals surface area contributed by atoms with Gasteiger partial charge in [-0.2, -0.15) is 0 Å². The Morgan fingerprint density at radius 3 is 2.37 bits per heavy atom. The van der Waals surface area contributed by atoms with Crippen LogP contribution in [0.2, 0.25) is 0 Å². The molecule has 2 aliphatic rings. The molecule has 0 radical (unpaired) electrons. The highest BCUT2D eigenvalue weighted by Gasteiger charge is 2.30. The van der Waals surface area contributed by atoms with Crippen LogP contribution in [0.15, 0.2) is 36.4 Å². The van der Waals surface area contributed by atoms with Crippen molar-refractivity contribution in [1.29, 1.82) is 0 Å². The fourth-order valence-corrected chi connectivity index (χ4v) is 4.10. The molecule has 5 heteroatoms. The molecule has 2 aromatic rings. The Morgan fingerprint density at radius 1 is 0.963 bits per heavy atom. The predicted octanol–water partition coefficient (Wildman–Crippen LogP) is 4.50. The molecule has 2 aromatic carbocycles. The first kappa shape index (κ1) is 17.7. The Balaban J connectivity index is 1.65. The lowest BCUT2D eigenvalue weighted by Crippen LogP contribution is -2.24. The van der Waals surface area contributed by atoms with E-state index in [0.717, 1.165) is 41.2 Å². The summed E-state index contributed by atoms with van der Waals surface area (Å²) in [7, 11) is 3.24. The van der Waals surface area contributed by atoms with Crippen molar-refractivity contribution in [3.05, 3.63) is 47.5 Å². The second-order valence-electron chi connectivity index (χ2n) is 7.19. The van der Waals surface area contributed by atoms with Gasteiger partial charge in [-0.05, 0) is 43.4 Å². The topological polar surface area (TPSA) is 56.8 Å². The lowest BCUT2D eigenvalue weighted by molar-refractivity contribution is -0.116. The Morgan fingerprint density at radius 2 is 1.70 bits per heavy atom. The number of amides is 1. The molecule has 1 fully saturated rings. The molecule has 1 aliphatic carbocycles. The van der Waals surface area contributed by atoms with Gasteiger partial charge < -0.3 is 19.5 Å². The van der Waals surface area contributed by atoms with Gasteiger partial charge in [0.15, 0.2) is 0 Å². The molecule has 1 amide bonds. The normalized spacial score (nSPS) is 19.3. The van der Waals surface area contributed by atoms with Crippen molar-refractivity contribution in [2.45, 2.75) is 44.1 Å². The van der Waals surface area contributed by atoms with E-state index in [4.69, 9.17) is 14.2 Å². The summed E-state index contributed by atoms with van der Waals surface area (Å²) in [4.78, 5) is 12.3. The summed E-state index contributed by atoms with van der Waals surface area (Å²) in [6.07, 6.45) is 5.50. The first-order valence-electron chi connectivity index (χ1n) is 9.50. The maximum Gasteiger partial charge on any atom is 0.225 e. The minimum atomic E-state index is -0.0601. The maximum atomic E-state index is 12.3. The van der Waals surface area contributed by atoms with E-state index in [1.165, 1.54) is 12.8 Å². The summed E-state index contributed by atoms with van der Waals surface area (Å²) in [6.45, 7) is 0. The second-order valence-corrected chi connectivity index (χ2v) is 7.19. The molecule has 1 unspecified atom stereocenters. The highest BCUT2D eigenvalue weighted by molar-refractivity contribution is 5.96. The zero-order valence-corrected chi connectivity index (χ0v) is 15.8. The maximum absolute atomic E-state index is 12.3. The molecule has 1 heterocycles. The quantitative estimate of drug-likeness (QED) is 0.845. The number of ether oxygens (including phenoxy) is 3. The minimum absolute atomic E-state index is 0.00547. The Hall–Kier alpha value is -2.69. The fourth-order valence-electron chi connectivity index (χ4n) is 4.10. The molecule has 0 aromatic heterocycles. The number of benzene rings is 2. The first-order valence-corrected chi connectivity index (χ1v) is 9.50. The average molecular weight is 367 g/mol. The molecule has 142 valence electrons. The third kappa shape index (κ3) is 3.59. The Kier molecular flexibility index (Phi) is 4.92. The van der Waals surface area contributed by atoms with Gasteiger partial charge in [-0.1, -0.05) is 12.1 Å². The molecule has 1 N–H and O–H groups in total. The third-order valence-corrected chi connectivity index (χ3v) is 5.47. The van der Waals surface area contributed by atoms with Crippen molar-refractivity contribution >= 4 is 11.6 Å². The number of carbonyl (C=O) groups excluding carboxylic acids is 1. The van der Waals surface area contributed by atoms with Crippen LogP contribution in [0.4, 0.5) is 5.69 Å². The summed E-state index contributed by atoms with van der Waals surface area (Å²) in [5.74, 6) is 2.21. The van der Waals surface area contributed by atoms with Crippen molar-refractivity contribution in [2.24, 2.45) is 0 Å². The van der Waals surface area contributed by atoms with Crippen LogP contribution in [0.5, 0.6) is 17.2 Å². The van der Waals surface area contributed by atoms with Gasteiger partial charge in [-0.3, -0.25) is 4.79 Å². The third-order valence-electron chi connectivity index (χ3n) is 5.47. The monoisotopic (exact) mass is 367 g/mol. The van der Waals surface area contributed by atoms with E-state index >= 15 is 0 Å². The Bertz CT molecular complexity index is 825. The van der Waals surface area contributed by atoms with Gasteiger partial charge in [-0.15, -0.1) is 0 Å². The van der Waals surface area contributed by atoms with E-state index in [0.29, 0.717) is 18.3 Å². The first-order chi connectivity index (χ1) is 13.2. The van der Waals surface area contributed by atoms with Gasteiger partial charge in [0.25, 0.3) is 0 Å². The summed E-state index contributed by atoms with van der Waals surface area (Å²) >= 11 is 0. The van der Waals surface area contributed by atoms with Crippen LogP contribution in [-0.2, 0) is 4.79 Å². The largest absolute Gasteiger partial charge is 0.497 e. The molecular formula is C22H25NO4. The smallest absolute Gasteiger partial charge is 0.225 e. The van der Waals surface area contributed by atoms with E-state index in [1.54, 1.807) is 14.2 Å². The van der Waals surface area contributed by atoms with Gasteiger partial charge in [0.05, 0.1) is 26.0 Å². The molecule has 4 rings (SSSR count). The second kappa shape index (κ2) is 7.51. The van der Waals surface area contributed by atoms with Gasteiger partial charge in [0, 0.05) is 30.0 Å². The average Bonchev–Trinajstić information content (AvgIpc) is 3.19. The van der Waals surface area contributed by atoms with Crippen LogP contribution < -0.4 is 19.5 Å². The number of nitrogens with one attached hydrogen (secondary N) is 1. The van der Waals surface area contributed by atoms with Gasteiger partial charge in [-0.25, -0.2) is 0 Å². The van der Waals surface area contributed by atoms with Crippen LogP contribution >= 0.6 is 0 Å². The zero-order valence-electron chi connectivity index (χ0n) is 15.8. The van der Waals surface area contributed by atoms with Crippen LogP contribution in [0.25, 0.3) is 0 Å². The molecule has 27 heavy (non-hydrogen) atoms. The number of fused-ring (bicyclic) bond motifs is 1. The molecule has 0 spiro atoms. The van der Waals surface area contributed by atoms with E-state index < -0.39 is 0 Å². The highest BCUT2D eigenvalue weighted by Crippen LogP contribution is 2.45. The number of hydrogen-bond donors (Lipinski definition) is 1. The van der Waals surface area contributed by atoms with E-state index in [1.807, 2.05) is 24.3 Å². The summed E-state index contributed by atoms with van der Waals surface area (Å²) < 4.78 is 17.0. The zero-order chi connectivity index (χ0) is 18.8. The van der Waals surface area contributed by atoms with Crippen LogP contribution in [0.1, 0.15) is 49.1 Å². The van der Waals surface area contributed by atoms with Crippen molar-refractivity contribution < 1.29 is 19.0 Å². The minimum Gasteiger partial charge on any atom is -0.497 e. The molecule has 1 saturated carbocycles. The highest BCUT2D eigenvalue weighted by atomic mass is 16.5. The van der Waals surface area contributed by atoms with E-state index in [-0.39, 0.29) is 11.8 Å².